The van der Waals surface area contributed by atoms with Crippen LogP contribution >= 0.6 is 15.9 Å². The summed E-state index contributed by atoms with van der Waals surface area (Å²) < 4.78 is 14.8. The molecule has 0 unspecified atom stereocenters. The molecule has 0 fully saturated rings. The van der Waals surface area contributed by atoms with Crippen molar-refractivity contribution in [1.29, 1.82) is 0 Å². The second kappa shape index (κ2) is 5.72. The maximum atomic E-state index is 14.4. The van der Waals surface area contributed by atoms with Crippen molar-refractivity contribution in [2.75, 3.05) is 12.4 Å². The van der Waals surface area contributed by atoms with E-state index in [2.05, 4.69) is 31.2 Å². The summed E-state index contributed by atoms with van der Waals surface area (Å²) in [5.74, 6) is 1.11. The van der Waals surface area contributed by atoms with E-state index in [1.807, 2.05) is 34.7 Å². The van der Waals surface area contributed by atoms with Gasteiger partial charge in [-0.25, -0.2) is 14.4 Å². The van der Waals surface area contributed by atoms with E-state index in [0.29, 0.717) is 21.6 Å². The van der Waals surface area contributed by atoms with Gasteiger partial charge in [-0.2, -0.15) is 0 Å². The molecule has 0 bridgehead atoms. The van der Waals surface area contributed by atoms with Crippen molar-refractivity contribution in [2.45, 2.75) is 33.1 Å². The van der Waals surface area contributed by atoms with Crippen LogP contribution in [0.2, 0.25) is 0 Å². The molecule has 112 valence electrons. The third kappa shape index (κ3) is 3.07. The largest absolute Gasteiger partial charge is 0.373 e. The average Bonchev–Trinajstić information content (AvgIpc) is 2.41. The first-order valence-corrected chi connectivity index (χ1v) is 7.56. The summed E-state index contributed by atoms with van der Waals surface area (Å²) in [6.45, 7) is 8.02. The number of halogens is 2. The molecule has 0 radical (unpaired) electrons. The van der Waals surface area contributed by atoms with Gasteiger partial charge in [0.1, 0.15) is 17.5 Å². The van der Waals surface area contributed by atoms with Crippen molar-refractivity contribution >= 4 is 21.7 Å². The molecule has 1 aromatic heterocycles. The van der Waals surface area contributed by atoms with Crippen molar-refractivity contribution in [3.8, 4) is 11.3 Å². The van der Waals surface area contributed by atoms with E-state index in [4.69, 9.17) is 0 Å². The van der Waals surface area contributed by atoms with E-state index in [9.17, 15) is 4.39 Å². The van der Waals surface area contributed by atoms with Crippen molar-refractivity contribution in [3.05, 3.63) is 39.9 Å². The van der Waals surface area contributed by atoms with Gasteiger partial charge in [-0.15, -0.1) is 0 Å². The zero-order chi connectivity index (χ0) is 15.8. The molecular weight excluding hydrogens is 333 g/mol. The zero-order valence-electron chi connectivity index (χ0n) is 12.9. The van der Waals surface area contributed by atoms with Gasteiger partial charge in [-0.05, 0) is 35.0 Å². The first kappa shape index (κ1) is 15.9. The Bertz CT molecular complexity index is 678. The molecule has 21 heavy (non-hydrogen) atoms. The van der Waals surface area contributed by atoms with Crippen LogP contribution in [0.15, 0.2) is 22.7 Å². The molecule has 3 nitrogen and oxygen atoms in total. The molecule has 0 saturated heterocycles. The maximum Gasteiger partial charge on any atom is 0.146 e. The predicted octanol–water partition coefficient (Wildman–Crippen LogP) is 4.69. The van der Waals surface area contributed by atoms with Crippen LogP contribution < -0.4 is 5.32 Å². The van der Waals surface area contributed by atoms with Gasteiger partial charge >= 0.3 is 0 Å². The number of nitrogens with zero attached hydrogens (tertiary/aromatic N) is 2. The van der Waals surface area contributed by atoms with Crippen LogP contribution in [-0.4, -0.2) is 17.0 Å². The molecule has 2 rings (SSSR count). The van der Waals surface area contributed by atoms with E-state index in [1.54, 1.807) is 18.2 Å². The summed E-state index contributed by atoms with van der Waals surface area (Å²) in [6.07, 6.45) is 0. The monoisotopic (exact) mass is 351 g/mol. The summed E-state index contributed by atoms with van der Waals surface area (Å²) in [5.41, 5.74) is 1.73. The highest BCUT2D eigenvalue weighted by molar-refractivity contribution is 9.10. The normalized spacial score (nSPS) is 11.6. The van der Waals surface area contributed by atoms with Crippen LogP contribution in [0.4, 0.5) is 10.2 Å². The number of aromatic nitrogens is 2. The smallest absolute Gasteiger partial charge is 0.146 e. The molecular formula is C16H19BrFN3. The fraction of sp³-hybridized carbons (Fsp3) is 0.375. The zero-order valence-corrected chi connectivity index (χ0v) is 14.5. The molecule has 2 aromatic rings. The molecule has 1 heterocycles. The fourth-order valence-corrected chi connectivity index (χ4v) is 2.41. The number of hydrogen-bond donors (Lipinski definition) is 1. The number of anilines is 1. The van der Waals surface area contributed by atoms with E-state index in [-0.39, 0.29) is 11.2 Å². The average molecular weight is 352 g/mol. The molecule has 0 aliphatic heterocycles. The fourth-order valence-electron chi connectivity index (χ4n) is 2.04. The Labute approximate surface area is 133 Å². The van der Waals surface area contributed by atoms with Crippen LogP contribution in [0, 0.1) is 12.7 Å². The second-order valence-electron chi connectivity index (χ2n) is 5.97. The summed E-state index contributed by atoms with van der Waals surface area (Å²) in [5, 5.41) is 3.07. The van der Waals surface area contributed by atoms with E-state index >= 15 is 0 Å². The molecule has 1 aromatic carbocycles. The van der Waals surface area contributed by atoms with Gasteiger partial charge in [0.2, 0.25) is 0 Å². The van der Waals surface area contributed by atoms with E-state index < -0.39 is 0 Å². The summed E-state index contributed by atoms with van der Waals surface area (Å²) in [7, 11) is 1.81. The number of rotatable bonds is 2. The van der Waals surface area contributed by atoms with Crippen LogP contribution in [-0.2, 0) is 5.41 Å². The lowest BCUT2D eigenvalue weighted by Gasteiger charge is -2.20. The third-order valence-corrected chi connectivity index (χ3v) is 3.87. The molecule has 5 heteroatoms. The molecule has 0 aliphatic carbocycles. The van der Waals surface area contributed by atoms with Crippen molar-refractivity contribution in [3.63, 3.8) is 0 Å². The van der Waals surface area contributed by atoms with Crippen LogP contribution in [0.3, 0.4) is 0 Å². The maximum absolute atomic E-state index is 14.4. The highest BCUT2D eigenvalue weighted by Crippen LogP contribution is 2.33. The first-order chi connectivity index (χ1) is 9.75. The number of hydrogen-bond acceptors (Lipinski definition) is 3. The van der Waals surface area contributed by atoms with Crippen LogP contribution in [0.1, 0.15) is 32.2 Å². The predicted molar refractivity (Wildman–Crippen MR) is 88.1 cm³/mol. The quantitative estimate of drug-likeness (QED) is 0.852. The lowest BCUT2D eigenvalue weighted by Crippen LogP contribution is -2.18. The second-order valence-corrected chi connectivity index (χ2v) is 6.83. The van der Waals surface area contributed by atoms with Gasteiger partial charge in [-0.1, -0.05) is 26.8 Å². The molecule has 0 aliphatic rings. The SMILES string of the molecule is CNc1nc(C(C)(C)C)nc(-c2cccc(Br)c2F)c1C. The summed E-state index contributed by atoms with van der Waals surface area (Å²) >= 11 is 3.23. The molecule has 0 spiro atoms. The first-order valence-electron chi connectivity index (χ1n) is 6.77. The highest BCUT2D eigenvalue weighted by Gasteiger charge is 2.22. The van der Waals surface area contributed by atoms with Gasteiger partial charge < -0.3 is 5.32 Å². The molecule has 0 amide bonds. The lowest BCUT2D eigenvalue weighted by molar-refractivity contribution is 0.545. The van der Waals surface area contributed by atoms with Gasteiger partial charge in [0, 0.05) is 23.6 Å². The minimum atomic E-state index is -0.304. The molecule has 1 N–H and O–H groups in total. The summed E-state index contributed by atoms with van der Waals surface area (Å²) in [4.78, 5) is 9.16. The van der Waals surface area contributed by atoms with Crippen molar-refractivity contribution in [1.82, 2.24) is 9.97 Å². The summed E-state index contributed by atoms with van der Waals surface area (Å²) in [6, 6.07) is 5.22. The van der Waals surface area contributed by atoms with Gasteiger partial charge in [0.05, 0.1) is 10.2 Å². The minimum absolute atomic E-state index is 0.212. The van der Waals surface area contributed by atoms with E-state index in [0.717, 1.165) is 11.4 Å². The van der Waals surface area contributed by atoms with Crippen LogP contribution in [0.25, 0.3) is 11.3 Å². The number of nitrogens with one attached hydrogen (secondary N) is 1. The minimum Gasteiger partial charge on any atom is -0.373 e. The Morgan fingerprint density at radius 1 is 1.19 bits per heavy atom. The Morgan fingerprint density at radius 3 is 2.43 bits per heavy atom. The van der Waals surface area contributed by atoms with Gasteiger partial charge in [0.25, 0.3) is 0 Å². The highest BCUT2D eigenvalue weighted by atomic mass is 79.9. The molecule has 0 atom stereocenters. The Balaban J connectivity index is 2.76. The van der Waals surface area contributed by atoms with E-state index in [1.165, 1.54) is 0 Å². The standard InChI is InChI=1S/C16H19BrFN3/c1-9-13(10-7-6-8-11(17)12(10)18)20-15(16(2,3)4)21-14(9)19-5/h6-8H,1-5H3,(H,19,20,21). The third-order valence-electron chi connectivity index (χ3n) is 3.26. The lowest BCUT2D eigenvalue weighted by atomic mass is 9.94. The Morgan fingerprint density at radius 2 is 1.86 bits per heavy atom. The van der Waals surface area contributed by atoms with Crippen molar-refractivity contribution < 1.29 is 4.39 Å². The number of benzene rings is 1. The van der Waals surface area contributed by atoms with Gasteiger partial charge in [0.15, 0.2) is 0 Å². The van der Waals surface area contributed by atoms with Gasteiger partial charge in [-0.3, -0.25) is 0 Å². The topological polar surface area (TPSA) is 37.8 Å². The Kier molecular flexibility index (Phi) is 4.33. The van der Waals surface area contributed by atoms with Crippen LogP contribution in [0.5, 0.6) is 0 Å². The Hall–Kier alpha value is -1.49. The van der Waals surface area contributed by atoms with Crippen molar-refractivity contribution in [2.24, 2.45) is 0 Å². The molecule has 0 saturated carbocycles.